The quantitative estimate of drug-likeness (QED) is 0.258. The fraction of sp³-hybridized carbons (Fsp3) is 0.143. The first kappa shape index (κ1) is 25.7. The molecule has 0 saturated heterocycles. The SMILES string of the molecule is CC(=NNC(=O)c1ccc(C(=O)NCC(=O)O)s1)c1csc(-c2ccc(OC(F)(F)F)cc2)c1O. The van der Waals surface area contributed by atoms with Gasteiger partial charge in [0.15, 0.2) is 0 Å². The van der Waals surface area contributed by atoms with Gasteiger partial charge >= 0.3 is 12.3 Å². The van der Waals surface area contributed by atoms with Crippen LogP contribution in [0.15, 0.2) is 46.9 Å². The second kappa shape index (κ2) is 10.6. The second-order valence-electron chi connectivity index (χ2n) is 6.78. The molecule has 0 atom stereocenters. The molecular formula is C21H16F3N3O6S2. The van der Waals surface area contributed by atoms with Crippen LogP contribution in [-0.4, -0.2) is 46.6 Å². The van der Waals surface area contributed by atoms with Gasteiger partial charge in [-0.05, 0) is 48.9 Å². The maximum absolute atomic E-state index is 12.3. The van der Waals surface area contributed by atoms with E-state index in [0.717, 1.165) is 34.8 Å². The summed E-state index contributed by atoms with van der Waals surface area (Å²) in [6.45, 7) is 0.977. The van der Waals surface area contributed by atoms with E-state index in [4.69, 9.17) is 5.11 Å². The van der Waals surface area contributed by atoms with E-state index in [-0.39, 0.29) is 21.2 Å². The molecule has 0 fully saturated rings. The molecule has 1 aromatic carbocycles. The fourth-order valence-corrected chi connectivity index (χ4v) is 4.52. The molecule has 0 aliphatic rings. The Kier molecular flexibility index (Phi) is 7.76. The van der Waals surface area contributed by atoms with Gasteiger partial charge in [-0.1, -0.05) is 0 Å². The number of thiophene rings is 2. The molecule has 3 aromatic rings. The van der Waals surface area contributed by atoms with Gasteiger partial charge in [0.1, 0.15) is 18.0 Å². The Morgan fingerprint density at radius 1 is 1.06 bits per heavy atom. The molecule has 2 aromatic heterocycles. The van der Waals surface area contributed by atoms with Crippen molar-refractivity contribution in [2.24, 2.45) is 5.10 Å². The van der Waals surface area contributed by atoms with E-state index in [9.17, 15) is 32.7 Å². The number of aliphatic carboxylic acids is 1. The number of carboxylic acids is 1. The Hall–Kier alpha value is -3.91. The molecule has 0 spiro atoms. The topological polar surface area (TPSA) is 137 Å². The van der Waals surface area contributed by atoms with Gasteiger partial charge in [-0.25, -0.2) is 5.43 Å². The standard InChI is InChI=1S/C21H16F3N3O6S2/c1-10(26-27-20(32)15-7-6-14(35-15)19(31)25-8-16(28)29)13-9-34-18(17(13)30)11-2-4-12(5-3-11)33-21(22,23)24/h2-7,9,30H,8H2,1H3,(H,25,31)(H,27,32)(H,28,29). The summed E-state index contributed by atoms with van der Waals surface area (Å²) in [5, 5.41) is 26.9. The first-order valence-corrected chi connectivity index (χ1v) is 11.3. The van der Waals surface area contributed by atoms with Crippen LogP contribution in [0.25, 0.3) is 10.4 Å². The van der Waals surface area contributed by atoms with Crippen molar-refractivity contribution in [2.45, 2.75) is 13.3 Å². The lowest BCUT2D eigenvalue weighted by Crippen LogP contribution is -2.28. The number of ether oxygens (including phenoxy) is 1. The average molecular weight is 528 g/mol. The molecule has 0 radical (unpaired) electrons. The predicted octanol–water partition coefficient (Wildman–Crippen LogP) is 4.05. The van der Waals surface area contributed by atoms with Crippen LogP contribution in [0.2, 0.25) is 0 Å². The van der Waals surface area contributed by atoms with Crippen molar-refractivity contribution in [1.82, 2.24) is 10.7 Å². The van der Waals surface area contributed by atoms with Gasteiger partial charge in [0.05, 0.1) is 25.9 Å². The first-order valence-electron chi connectivity index (χ1n) is 9.56. The summed E-state index contributed by atoms with van der Waals surface area (Å²) in [6, 6.07) is 7.74. The number of carbonyl (C=O) groups excluding carboxylic acids is 2. The number of carbonyl (C=O) groups is 3. The number of benzene rings is 1. The van der Waals surface area contributed by atoms with Gasteiger partial charge in [0.25, 0.3) is 11.8 Å². The lowest BCUT2D eigenvalue weighted by Gasteiger charge is -2.09. The highest BCUT2D eigenvalue weighted by Gasteiger charge is 2.31. The van der Waals surface area contributed by atoms with Crippen LogP contribution in [0, 0.1) is 0 Å². The van der Waals surface area contributed by atoms with Crippen LogP contribution in [0.1, 0.15) is 31.8 Å². The number of amides is 2. The van der Waals surface area contributed by atoms with E-state index in [1.54, 1.807) is 5.38 Å². The third-order valence-corrected chi connectivity index (χ3v) is 6.38. The van der Waals surface area contributed by atoms with E-state index >= 15 is 0 Å². The zero-order valence-corrected chi connectivity index (χ0v) is 19.3. The molecule has 9 nitrogen and oxygen atoms in total. The van der Waals surface area contributed by atoms with Gasteiger partial charge in [-0.3, -0.25) is 14.4 Å². The van der Waals surface area contributed by atoms with Crippen LogP contribution < -0.4 is 15.5 Å². The molecular weight excluding hydrogens is 511 g/mol. The fourth-order valence-electron chi connectivity index (χ4n) is 2.70. The minimum Gasteiger partial charge on any atom is -0.506 e. The highest BCUT2D eigenvalue weighted by atomic mass is 32.1. The molecule has 0 bridgehead atoms. The van der Waals surface area contributed by atoms with Gasteiger partial charge in [-0.15, -0.1) is 35.8 Å². The van der Waals surface area contributed by atoms with Crippen LogP contribution in [0.5, 0.6) is 11.5 Å². The molecule has 0 aliphatic carbocycles. The average Bonchev–Trinajstić information content (AvgIpc) is 3.42. The largest absolute Gasteiger partial charge is 0.573 e. The van der Waals surface area contributed by atoms with Gasteiger partial charge in [0, 0.05) is 5.38 Å². The van der Waals surface area contributed by atoms with E-state index in [1.807, 2.05) is 0 Å². The summed E-state index contributed by atoms with van der Waals surface area (Å²) in [6.07, 6.45) is -4.81. The summed E-state index contributed by atoms with van der Waals surface area (Å²) in [4.78, 5) is 35.4. The third kappa shape index (κ3) is 6.80. The van der Waals surface area contributed by atoms with Crippen LogP contribution >= 0.6 is 22.7 Å². The number of halogens is 3. The van der Waals surface area contributed by atoms with E-state index < -0.39 is 36.4 Å². The summed E-state index contributed by atoms with van der Waals surface area (Å²) >= 11 is 1.97. The number of carboxylic acid groups (broad SMARTS) is 1. The number of hydrazone groups is 1. The lowest BCUT2D eigenvalue weighted by atomic mass is 10.1. The van der Waals surface area contributed by atoms with Crippen molar-refractivity contribution in [3.8, 4) is 21.9 Å². The highest BCUT2D eigenvalue weighted by Crippen LogP contribution is 2.39. The van der Waals surface area contributed by atoms with E-state index in [1.165, 1.54) is 31.2 Å². The first-order chi connectivity index (χ1) is 16.4. The molecule has 2 amide bonds. The normalized spacial score (nSPS) is 11.7. The Balaban J connectivity index is 1.67. The van der Waals surface area contributed by atoms with Crippen molar-refractivity contribution in [1.29, 1.82) is 0 Å². The summed E-state index contributed by atoms with van der Waals surface area (Å²) in [7, 11) is 0. The maximum atomic E-state index is 12.3. The number of alkyl halides is 3. The molecule has 3 rings (SSSR count). The highest BCUT2D eigenvalue weighted by molar-refractivity contribution is 7.16. The third-order valence-electron chi connectivity index (χ3n) is 4.28. The van der Waals surface area contributed by atoms with Crippen LogP contribution in [-0.2, 0) is 4.79 Å². The van der Waals surface area contributed by atoms with Crippen molar-refractivity contribution in [3.05, 3.63) is 57.1 Å². The Labute approximate surface area is 203 Å². The van der Waals surface area contributed by atoms with E-state index in [0.29, 0.717) is 16.0 Å². The summed E-state index contributed by atoms with van der Waals surface area (Å²) < 4.78 is 40.8. The van der Waals surface area contributed by atoms with Crippen molar-refractivity contribution in [2.75, 3.05) is 6.54 Å². The lowest BCUT2D eigenvalue weighted by molar-refractivity contribution is -0.274. The number of rotatable bonds is 8. The summed E-state index contributed by atoms with van der Waals surface area (Å²) in [5.41, 5.74) is 3.33. The minimum atomic E-state index is -4.81. The number of nitrogens with zero attached hydrogens (tertiary/aromatic N) is 1. The van der Waals surface area contributed by atoms with Crippen LogP contribution in [0.3, 0.4) is 0 Å². The molecule has 35 heavy (non-hydrogen) atoms. The van der Waals surface area contributed by atoms with Gasteiger partial charge < -0.3 is 20.3 Å². The molecule has 0 aliphatic heterocycles. The van der Waals surface area contributed by atoms with Crippen molar-refractivity contribution in [3.63, 3.8) is 0 Å². The number of hydrogen-bond donors (Lipinski definition) is 4. The molecule has 0 unspecified atom stereocenters. The smallest absolute Gasteiger partial charge is 0.506 e. The minimum absolute atomic E-state index is 0.142. The van der Waals surface area contributed by atoms with Gasteiger partial charge in [-0.2, -0.15) is 5.10 Å². The number of aromatic hydroxyl groups is 1. The molecule has 4 N–H and O–H groups in total. The maximum Gasteiger partial charge on any atom is 0.573 e. The molecule has 14 heteroatoms. The second-order valence-corrected chi connectivity index (χ2v) is 8.74. The van der Waals surface area contributed by atoms with Gasteiger partial charge in [0.2, 0.25) is 0 Å². The van der Waals surface area contributed by atoms with Crippen molar-refractivity contribution < 1.29 is 42.5 Å². The van der Waals surface area contributed by atoms with Crippen LogP contribution in [0.4, 0.5) is 13.2 Å². The number of hydrogen-bond acceptors (Lipinski definition) is 8. The zero-order chi connectivity index (χ0) is 25.8. The Morgan fingerprint density at radius 2 is 1.69 bits per heavy atom. The molecule has 184 valence electrons. The monoisotopic (exact) mass is 527 g/mol. The molecule has 2 heterocycles. The zero-order valence-electron chi connectivity index (χ0n) is 17.7. The summed E-state index contributed by atoms with van der Waals surface area (Å²) in [5.74, 6) is -3.02. The van der Waals surface area contributed by atoms with E-state index in [2.05, 4.69) is 20.6 Å². The Bertz CT molecular complexity index is 1280. The number of nitrogens with one attached hydrogen (secondary N) is 2. The molecule has 0 saturated carbocycles. The van der Waals surface area contributed by atoms with Crippen molar-refractivity contribution >= 4 is 46.2 Å². The predicted molar refractivity (Wildman–Crippen MR) is 122 cm³/mol. The Morgan fingerprint density at radius 3 is 2.29 bits per heavy atom.